The van der Waals surface area contributed by atoms with Crippen molar-refractivity contribution in [3.05, 3.63) is 40.1 Å². The molecule has 0 N–H and O–H groups in total. The number of aromatic nitrogens is 2. The molecule has 20 heavy (non-hydrogen) atoms. The number of rotatable bonds is 3. The monoisotopic (exact) mass is 328 g/mol. The number of sulfone groups is 1. The number of fused-ring (bicyclic) bond motifs is 1. The third-order valence-electron chi connectivity index (χ3n) is 2.76. The molecule has 0 fully saturated rings. The Kier molecular flexibility index (Phi) is 3.31. The summed E-state index contributed by atoms with van der Waals surface area (Å²) in [6.45, 7) is 1.77. The Labute approximate surface area is 122 Å². The molecule has 0 aliphatic rings. The molecular weight excluding hydrogens is 319 g/mol. The van der Waals surface area contributed by atoms with Gasteiger partial charge in [-0.1, -0.05) is 0 Å². The Balaban J connectivity index is 2.03. The van der Waals surface area contributed by atoms with Crippen LogP contribution >= 0.6 is 22.7 Å². The van der Waals surface area contributed by atoms with Gasteiger partial charge < -0.3 is 0 Å². The summed E-state index contributed by atoms with van der Waals surface area (Å²) in [7, 11) is -3.53. The van der Waals surface area contributed by atoms with Gasteiger partial charge in [-0.3, -0.25) is 0 Å². The van der Waals surface area contributed by atoms with E-state index in [1.165, 1.54) is 29.5 Å². The molecule has 0 aliphatic carbocycles. The van der Waals surface area contributed by atoms with Crippen LogP contribution in [-0.2, 0) is 15.6 Å². The van der Waals surface area contributed by atoms with E-state index >= 15 is 0 Å². The van der Waals surface area contributed by atoms with Gasteiger partial charge in [0.15, 0.2) is 0 Å². The van der Waals surface area contributed by atoms with Gasteiger partial charge in [0.05, 0.1) is 27.2 Å². The zero-order chi connectivity index (χ0) is 14.3. The minimum absolute atomic E-state index is 0.0194. The van der Waals surface area contributed by atoms with Crippen LogP contribution in [0.15, 0.2) is 28.0 Å². The van der Waals surface area contributed by atoms with E-state index in [0.717, 1.165) is 11.3 Å². The predicted octanol–water partition coefficient (Wildman–Crippen LogP) is 3.17. The van der Waals surface area contributed by atoms with E-state index in [-0.39, 0.29) is 10.1 Å². The summed E-state index contributed by atoms with van der Waals surface area (Å²) in [4.78, 5) is 8.82. The Bertz CT molecular complexity index is 883. The number of thiazole rings is 2. The van der Waals surface area contributed by atoms with Gasteiger partial charge in [-0.05, 0) is 25.1 Å². The van der Waals surface area contributed by atoms with Gasteiger partial charge in [0.1, 0.15) is 5.82 Å². The van der Waals surface area contributed by atoms with E-state index in [4.69, 9.17) is 0 Å². The lowest BCUT2D eigenvalue weighted by Gasteiger charge is -1.98. The Morgan fingerprint density at radius 2 is 2.15 bits per heavy atom. The van der Waals surface area contributed by atoms with Gasteiger partial charge in [0.2, 0.25) is 14.2 Å². The molecule has 1 aromatic carbocycles. The van der Waals surface area contributed by atoms with Gasteiger partial charge in [0.25, 0.3) is 0 Å². The van der Waals surface area contributed by atoms with Crippen LogP contribution in [0.2, 0.25) is 0 Å². The predicted molar refractivity (Wildman–Crippen MR) is 77.3 cm³/mol. The van der Waals surface area contributed by atoms with E-state index < -0.39 is 15.7 Å². The lowest BCUT2D eigenvalue weighted by atomic mass is 10.3. The van der Waals surface area contributed by atoms with E-state index in [0.29, 0.717) is 20.8 Å². The third kappa shape index (κ3) is 2.46. The summed E-state index contributed by atoms with van der Waals surface area (Å²) < 4.78 is 38.4. The first-order chi connectivity index (χ1) is 9.45. The lowest BCUT2D eigenvalue weighted by Crippen LogP contribution is -2.04. The molecule has 4 nitrogen and oxygen atoms in total. The maximum absolute atomic E-state index is 13.1. The zero-order valence-corrected chi connectivity index (χ0v) is 12.8. The largest absolute Gasteiger partial charge is 0.250 e. The summed E-state index contributed by atoms with van der Waals surface area (Å²) in [6.07, 6.45) is 0. The zero-order valence-electron chi connectivity index (χ0n) is 10.3. The molecule has 0 saturated carbocycles. The van der Waals surface area contributed by atoms with Crippen LogP contribution in [0.1, 0.15) is 10.6 Å². The number of aryl methyl sites for hydroxylation is 1. The molecule has 0 spiro atoms. The van der Waals surface area contributed by atoms with Crippen molar-refractivity contribution in [2.24, 2.45) is 0 Å². The highest BCUT2D eigenvalue weighted by Gasteiger charge is 2.22. The van der Waals surface area contributed by atoms with Crippen molar-refractivity contribution in [3.8, 4) is 0 Å². The molecule has 2 heterocycles. The lowest BCUT2D eigenvalue weighted by molar-refractivity contribution is 0.595. The normalized spacial score (nSPS) is 12.1. The average Bonchev–Trinajstić information content (AvgIpc) is 2.96. The van der Waals surface area contributed by atoms with E-state index in [9.17, 15) is 12.8 Å². The van der Waals surface area contributed by atoms with Crippen LogP contribution < -0.4 is 0 Å². The first-order valence-corrected chi connectivity index (χ1v) is 8.98. The average molecular weight is 328 g/mol. The van der Waals surface area contributed by atoms with Gasteiger partial charge in [-0.25, -0.2) is 22.8 Å². The highest BCUT2D eigenvalue weighted by Crippen LogP contribution is 2.29. The van der Waals surface area contributed by atoms with Crippen LogP contribution in [0.5, 0.6) is 0 Å². The van der Waals surface area contributed by atoms with Gasteiger partial charge in [0, 0.05) is 4.88 Å². The molecule has 0 radical (unpaired) electrons. The number of hydrogen-bond acceptors (Lipinski definition) is 6. The van der Waals surface area contributed by atoms with Crippen molar-refractivity contribution in [1.82, 2.24) is 9.97 Å². The summed E-state index contributed by atoms with van der Waals surface area (Å²) in [6, 6.07) is 4.05. The molecule has 0 bridgehead atoms. The van der Waals surface area contributed by atoms with Gasteiger partial charge in [-0.2, -0.15) is 0 Å². The summed E-state index contributed by atoms with van der Waals surface area (Å²) in [5, 5.41) is 0. The van der Waals surface area contributed by atoms with Crippen molar-refractivity contribution >= 4 is 42.7 Å². The molecule has 0 saturated heterocycles. The fourth-order valence-electron chi connectivity index (χ4n) is 1.71. The molecule has 0 unspecified atom stereocenters. The van der Waals surface area contributed by atoms with Crippen molar-refractivity contribution in [1.29, 1.82) is 0 Å². The molecule has 3 rings (SSSR count). The molecule has 8 heteroatoms. The molecule has 0 atom stereocenters. The standard InChI is InChI=1S/C12H9FN2O2S3/c1-7-11(18-6-14-7)5-20(16,17)12-15-9-3-2-8(13)4-10(9)19-12/h2-4,6H,5H2,1H3. The van der Waals surface area contributed by atoms with Gasteiger partial charge in [-0.15, -0.1) is 22.7 Å². The second-order valence-corrected chi connectivity index (χ2v) is 8.35. The van der Waals surface area contributed by atoms with Gasteiger partial charge >= 0.3 is 0 Å². The first-order valence-electron chi connectivity index (χ1n) is 5.63. The maximum atomic E-state index is 13.1. The minimum atomic E-state index is -3.53. The number of halogens is 1. The molecule has 0 amide bonds. The van der Waals surface area contributed by atoms with E-state index in [1.54, 1.807) is 12.4 Å². The number of nitrogens with zero attached hydrogens (tertiary/aromatic N) is 2. The van der Waals surface area contributed by atoms with Crippen LogP contribution in [0, 0.1) is 12.7 Å². The SMILES string of the molecule is Cc1ncsc1CS(=O)(=O)c1nc2ccc(F)cc2s1. The van der Waals surface area contributed by atoms with E-state index in [1.807, 2.05) is 0 Å². The van der Waals surface area contributed by atoms with Crippen LogP contribution in [0.4, 0.5) is 4.39 Å². The Hall–Kier alpha value is -1.38. The second kappa shape index (κ2) is 4.87. The number of benzene rings is 1. The summed E-state index contributed by atoms with van der Waals surface area (Å²) >= 11 is 2.30. The quantitative estimate of drug-likeness (QED) is 0.741. The molecule has 2 aromatic heterocycles. The molecule has 3 aromatic rings. The van der Waals surface area contributed by atoms with Crippen molar-refractivity contribution in [2.75, 3.05) is 0 Å². The van der Waals surface area contributed by atoms with E-state index in [2.05, 4.69) is 9.97 Å². The van der Waals surface area contributed by atoms with Crippen molar-refractivity contribution in [2.45, 2.75) is 17.0 Å². The van der Waals surface area contributed by atoms with Crippen LogP contribution in [-0.4, -0.2) is 18.4 Å². The fourth-order valence-corrected chi connectivity index (χ4v) is 5.60. The molecular formula is C12H9FN2O2S3. The third-order valence-corrected chi connectivity index (χ3v) is 7.00. The topological polar surface area (TPSA) is 59.9 Å². The number of hydrogen-bond donors (Lipinski definition) is 0. The van der Waals surface area contributed by atoms with Crippen molar-refractivity contribution < 1.29 is 12.8 Å². The Morgan fingerprint density at radius 3 is 2.85 bits per heavy atom. The fraction of sp³-hybridized carbons (Fsp3) is 0.167. The first kappa shape index (κ1) is 13.6. The highest BCUT2D eigenvalue weighted by molar-refractivity contribution is 7.92. The highest BCUT2D eigenvalue weighted by atomic mass is 32.2. The smallest absolute Gasteiger partial charge is 0.210 e. The maximum Gasteiger partial charge on any atom is 0.210 e. The van der Waals surface area contributed by atoms with Crippen LogP contribution in [0.25, 0.3) is 10.2 Å². The van der Waals surface area contributed by atoms with Crippen LogP contribution in [0.3, 0.4) is 0 Å². The molecule has 0 aliphatic heterocycles. The second-order valence-electron chi connectivity index (χ2n) is 4.21. The summed E-state index contributed by atoms with van der Waals surface area (Å²) in [5.41, 5.74) is 2.83. The minimum Gasteiger partial charge on any atom is -0.250 e. The molecule has 104 valence electrons. The summed E-state index contributed by atoms with van der Waals surface area (Å²) in [5.74, 6) is -0.519. The Morgan fingerprint density at radius 1 is 1.35 bits per heavy atom. The van der Waals surface area contributed by atoms with Crippen molar-refractivity contribution in [3.63, 3.8) is 0 Å².